The summed E-state index contributed by atoms with van der Waals surface area (Å²) >= 11 is 0. The first-order valence-corrected chi connectivity index (χ1v) is 14.5. The Kier molecular flexibility index (Phi) is 8.36. The van der Waals surface area contributed by atoms with Gasteiger partial charge in [-0.05, 0) is 30.8 Å². The Balaban J connectivity index is 1.46. The van der Waals surface area contributed by atoms with Gasteiger partial charge in [-0.1, -0.05) is 42.8 Å². The highest BCUT2D eigenvalue weighted by Gasteiger charge is 2.34. The summed E-state index contributed by atoms with van der Waals surface area (Å²) in [4.78, 5) is 17.1. The lowest BCUT2D eigenvalue weighted by molar-refractivity contribution is -0.0167. The molecule has 0 aliphatic carbocycles. The van der Waals surface area contributed by atoms with Crippen molar-refractivity contribution in [1.82, 2.24) is 25.2 Å². The van der Waals surface area contributed by atoms with Crippen molar-refractivity contribution in [3.63, 3.8) is 0 Å². The number of benzene rings is 2. The molecule has 11 heteroatoms. The summed E-state index contributed by atoms with van der Waals surface area (Å²) in [6.45, 7) is 5.16. The van der Waals surface area contributed by atoms with Crippen LogP contribution < -0.4 is 15.0 Å². The van der Waals surface area contributed by atoms with Crippen molar-refractivity contribution >= 4 is 27.5 Å². The Labute approximate surface area is 253 Å². The second-order valence-corrected chi connectivity index (χ2v) is 11.0. The van der Waals surface area contributed by atoms with Crippen molar-refractivity contribution in [2.75, 3.05) is 37.7 Å². The first-order valence-electron chi connectivity index (χ1n) is 14.5. The lowest BCUT2D eigenvalue weighted by Crippen LogP contribution is -2.57. The summed E-state index contributed by atoms with van der Waals surface area (Å²) in [5.74, 6) is 1.52. The largest absolute Gasteiger partial charge is 0.462 e. The summed E-state index contributed by atoms with van der Waals surface area (Å²) in [6.07, 6.45) is 7.80. The van der Waals surface area contributed by atoms with Crippen LogP contribution in [0.5, 0.6) is 6.01 Å². The molecule has 0 bridgehead atoms. The summed E-state index contributed by atoms with van der Waals surface area (Å²) in [5.41, 5.74) is 1.28. The molecule has 2 N–H and O–H groups in total. The number of nitrogens with one attached hydrogen (secondary N) is 1. The summed E-state index contributed by atoms with van der Waals surface area (Å²) in [7, 11) is 0. The van der Waals surface area contributed by atoms with Crippen LogP contribution in [0.15, 0.2) is 55.0 Å². The molecule has 4 heterocycles. The van der Waals surface area contributed by atoms with Gasteiger partial charge in [0.05, 0.1) is 17.9 Å². The molecule has 2 fully saturated rings. The van der Waals surface area contributed by atoms with E-state index in [1.54, 1.807) is 12.1 Å². The molecule has 224 valence electrons. The summed E-state index contributed by atoms with van der Waals surface area (Å²) in [6, 6.07) is 12.8. The van der Waals surface area contributed by atoms with Gasteiger partial charge in [0.15, 0.2) is 12.0 Å². The van der Waals surface area contributed by atoms with Gasteiger partial charge in [-0.2, -0.15) is 15.2 Å². The second kappa shape index (κ2) is 12.5. The van der Waals surface area contributed by atoms with Gasteiger partial charge in [0, 0.05) is 54.4 Å². The number of nitriles is 1. The maximum atomic E-state index is 16.6. The quantitative estimate of drug-likeness (QED) is 0.288. The van der Waals surface area contributed by atoms with Crippen molar-refractivity contribution < 1.29 is 18.6 Å². The minimum Gasteiger partial charge on any atom is -0.462 e. The van der Waals surface area contributed by atoms with Gasteiger partial charge in [-0.15, -0.1) is 6.42 Å². The Hall–Kier alpha value is -4.68. The Morgan fingerprint density at radius 2 is 2.07 bits per heavy atom. The average Bonchev–Trinajstić information content (AvgIpc) is 3.57. The van der Waals surface area contributed by atoms with Crippen LogP contribution in [-0.2, 0) is 0 Å². The topological polar surface area (TPSA) is 110 Å². The number of fused-ring (bicyclic) bond motifs is 2. The van der Waals surface area contributed by atoms with E-state index in [2.05, 4.69) is 38.8 Å². The van der Waals surface area contributed by atoms with Crippen molar-refractivity contribution in [1.29, 1.82) is 5.26 Å². The molecule has 2 aromatic heterocycles. The highest BCUT2D eigenvalue weighted by atomic mass is 19.1. The van der Waals surface area contributed by atoms with E-state index in [1.165, 1.54) is 11.1 Å². The van der Waals surface area contributed by atoms with Crippen LogP contribution in [0.25, 0.3) is 32.9 Å². The predicted octanol–water partition coefficient (Wildman–Crippen LogP) is 4.30. The van der Waals surface area contributed by atoms with Gasteiger partial charge in [0.25, 0.3) is 0 Å². The molecular formula is C33H31F2N7O2. The maximum absolute atomic E-state index is 16.6. The Morgan fingerprint density at radius 1 is 1.25 bits per heavy atom. The molecule has 0 saturated carbocycles. The first kappa shape index (κ1) is 29.4. The number of anilines is 1. The van der Waals surface area contributed by atoms with E-state index in [9.17, 15) is 14.8 Å². The number of nitrogens with zero attached hydrogens (tertiary/aromatic N) is 6. The van der Waals surface area contributed by atoms with Crippen molar-refractivity contribution in [2.24, 2.45) is 0 Å². The highest BCUT2D eigenvalue weighted by molar-refractivity contribution is 6.02. The zero-order valence-electron chi connectivity index (χ0n) is 24.0. The first-order chi connectivity index (χ1) is 21.4. The number of halogens is 2. The standard InChI is InChI=1S/C33H31F2N7O2/c1-3-21-7-4-8-22-9-5-11-25(27(21)22)29-28(35)30-26(17-38-29)31(40-33(39-30)44-19-23-10-6-14-37-23)41-15-16-42(32(43)20(2)34)24(18-41)12-13-36/h1,4-5,7-9,11,17,23-24,32,37,43H,2,6,10,12,14-16,18-19H2/t23-,24-,32?/m0/s1. The molecule has 2 aliphatic heterocycles. The molecule has 4 aromatic rings. The molecule has 0 spiro atoms. The molecule has 9 nitrogen and oxygen atoms in total. The molecule has 0 radical (unpaired) electrons. The van der Waals surface area contributed by atoms with Gasteiger partial charge >= 0.3 is 6.01 Å². The number of rotatable bonds is 8. The lowest BCUT2D eigenvalue weighted by atomic mass is 9.97. The van der Waals surface area contributed by atoms with Crippen molar-refractivity contribution in [2.45, 2.75) is 37.6 Å². The smallest absolute Gasteiger partial charge is 0.319 e. The summed E-state index contributed by atoms with van der Waals surface area (Å²) < 4.78 is 36.5. The number of aliphatic hydroxyl groups is 1. The number of piperazine rings is 1. The predicted molar refractivity (Wildman–Crippen MR) is 164 cm³/mol. The number of ether oxygens (including phenoxy) is 1. The average molecular weight is 596 g/mol. The van der Waals surface area contributed by atoms with E-state index in [0.717, 1.165) is 24.8 Å². The highest BCUT2D eigenvalue weighted by Crippen LogP contribution is 2.36. The number of hydrogen-bond acceptors (Lipinski definition) is 9. The number of pyridine rings is 1. The second-order valence-electron chi connectivity index (χ2n) is 11.0. The SMILES string of the molecule is C#Cc1cccc2cccc(-c3ncc4c(N5CCN(C(O)C(=C)F)[C@@H](CC#N)C5)nc(OC[C@@H]5CCCN5)nc4c3F)c12. The molecule has 2 aliphatic rings. The van der Waals surface area contributed by atoms with Gasteiger partial charge < -0.3 is 20.1 Å². The number of hydrogen-bond donors (Lipinski definition) is 2. The van der Waals surface area contributed by atoms with Crippen LogP contribution in [0.2, 0.25) is 0 Å². The third kappa shape index (κ3) is 5.53. The third-order valence-electron chi connectivity index (χ3n) is 8.28. The minimum atomic E-state index is -1.54. The van der Waals surface area contributed by atoms with Gasteiger partial charge in [-0.25, -0.2) is 8.78 Å². The number of aliphatic hydroxyl groups excluding tert-OH is 1. The molecule has 6 rings (SSSR count). The van der Waals surface area contributed by atoms with E-state index < -0.39 is 23.9 Å². The molecule has 2 saturated heterocycles. The fraction of sp³-hybridized carbons (Fsp3) is 0.333. The molecule has 2 aromatic carbocycles. The molecule has 1 unspecified atom stereocenters. The van der Waals surface area contributed by atoms with Crippen molar-refractivity contribution in [3.8, 4) is 35.7 Å². The lowest BCUT2D eigenvalue weighted by Gasteiger charge is -2.42. The van der Waals surface area contributed by atoms with Crippen LogP contribution in [0.3, 0.4) is 0 Å². The number of aromatic nitrogens is 3. The summed E-state index contributed by atoms with van der Waals surface area (Å²) in [5, 5.41) is 25.2. The Bertz CT molecular complexity index is 1810. The van der Waals surface area contributed by atoms with Crippen LogP contribution in [0.4, 0.5) is 14.6 Å². The van der Waals surface area contributed by atoms with Crippen molar-refractivity contribution in [3.05, 3.63) is 66.4 Å². The molecule has 3 atom stereocenters. The van der Waals surface area contributed by atoms with Crippen LogP contribution >= 0.6 is 0 Å². The van der Waals surface area contributed by atoms with Crippen LogP contribution in [0, 0.1) is 29.5 Å². The zero-order valence-corrected chi connectivity index (χ0v) is 24.0. The molecular weight excluding hydrogens is 564 g/mol. The van der Waals surface area contributed by atoms with E-state index in [4.69, 9.17) is 11.2 Å². The van der Waals surface area contributed by atoms with Crippen LogP contribution in [-0.4, -0.2) is 76.1 Å². The fourth-order valence-electron chi connectivity index (χ4n) is 6.10. The monoisotopic (exact) mass is 595 g/mol. The van der Waals surface area contributed by atoms with Gasteiger partial charge in [-0.3, -0.25) is 9.88 Å². The minimum absolute atomic E-state index is 0.0101. The van der Waals surface area contributed by atoms with E-state index in [-0.39, 0.29) is 42.8 Å². The van der Waals surface area contributed by atoms with Crippen LogP contribution in [0.1, 0.15) is 24.8 Å². The fourth-order valence-corrected chi connectivity index (χ4v) is 6.10. The zero-order chi connectivity index (χ0) is 30.8. The van der Waals surface area contributed by atoms with E-state index in [1.807, 2.05) is 29.2 Å². The molecule has 44 heavy (non-hydrogen) atoms. The third-order valence-corrected chi connectivity index (χ3v) is 8.28. The van der Waals surface area contributed by atoms with Gasteiger partial charge in [0.2, 0.25) is 0 Å². The number of terminal acetylenes is 1. The van der Waals surface area contributed by atoms with E-state index in [0.29, 0.717) is 40.9 Å². The molecule has 0 amide bonds. The van der Waals surface area contributed by atoms with E-state index >= 15 is 4.39 Å². The maximum Gasteiger partial charge on any atom is 0.319 e. The Morgan fingerprint density at radius 3 is 2.80 bits per heavy atom. The normalized spacial score (nSPS) is 19.5. The van der Waals surface area contributed by atoms with Gasteiger partial charge in [0.1, 0.15) is 29.5 Å².